The van der Waals surface area contributed by atoms with Crippen molar-refractivity contribution in [2.75, 3.05) is 5.32 Å². The van der Waals surface area contributed by atoms with E-state index in [0.29, 0.717) is 17.9 Å². The molecule has 6 nitrogen and oxygen atoms in total. The van der Waals surface area contributed by atoms with Crippen molar-refractivity contribution in [3.63, 3.8) is 0 Å². The first kappa shape index (κ1) is 15.7. The lowest BCUT2D eigenvalue weighted by Crippen LogP contribution is -2.10. The van der Waals surface area contributed by atoms with Crippen LogP contribution in [0, 0.1) is 32.1 Å². The van der Waals surface area contributed by atoms with Gasteiger partial charge in [-0.3, -0.25) is 0 Å². The van der Waals surface area contributed by atoms with E-state index >= 15 is 0 Å². The molecule has 0 saturated carbocycles. The first-order chi connectivity index (χ1) is 11.6. The van der Waals surface area contributed by atoms with Crippen molar-refractivity contribution >= 4 is 5.82 Å². The molecule has 2 aromatic heterocycles. The molecule has 3 aromatic rings. The molecule has 1 aromatic carbocycles. The lowest BCUT2D eigenvalue weighted by molar-refractivity contribution is 0.846. The fourth-order valence-electron chi connectivity index (χ4n) is 2.48. The molecule has 0 radical (unpaired) electrons. The van der Waals surface area contributed by atoms with Crippen molar-refractivity contribution in [2.45, 2.75) is 27.3 Å². The molecule has 1 N–H and O–H groups in total. The molecule has 0 aliphatic rings. The molecular formula is C18H18N6. The molecule has 0 unspecified atom stereocenters. The molecule has 0 bridgehead atoms. The number of nitriles is 1. The lowest BCUT2D eigenvalue weighted by atomic mass is 10.1. The van der Waals surface area contributed by atoms with E-state index in [4.69, 9.17) is 0 Å². The van der Waals surface area contributed by atoms with E-state index in [1.165, 1.54) is 0 Å². The highest BCUT2D eigenvalue weighted by atomic mass is 15.3. The average molecular weight is 318 g/mol. The number of aromatic nitrogens is 4. The van der Waals surface area contributed by atoms with Crippen LogP contribution in [0.5, 0.6) is 0 Å². The van der Waals surface area contributed by atoms with Gasteiger partial charge in [0.25, 0.3) is 0 Å². The quantitative estimate of drug-likeness (QED) is 0.799. The minimum absolute atomic E-state index is 0.507. The monoisotopic (exact) mass is 318 g/mol. The number of rotatable bonds is 4. The summed E-state index contributed by atoms with van der Waals surface area (Å²) in [5, 5.41) is 25.3. The van der Waals surface area contributed by atoms with Crippen LogP contribution in [0.25, 0.3) is 5.69 Å². The molecule has 24 heavy (non-hydrogen) atoms. The molecule has 0 fully saturated rings. The van der Waals surface area contributed by atoms with Crippen molar-refractivity contribution in [1.29, 1.82) is 5.26 Å². The Hall–Kier alpha value is -3.20. The summed E-state index contributed by atoms with van der Waals surface area (Å²) in [6.07, 6.45) is 1.94. The molecule has 0 spiro atoms. The van der Waals surface area contributed by atoms with Crippen molar-refractivity contribution in [1.82, 2.24) is 20.0 Å². The van der Waals surface area contributed by atoms with Crippen molar-refractivity contribution < 1.29 is 0 Å². The Morgan fingerprint density at radius 3 is 2.62 bits per heavy atom. The number of para-hydroxylation sites is 1. The maximum absolute atomic E-state index is 9.38. The van der Waals surface area contributed by atoms with Crippen LogP contribution in [0.3, 0.4) is 0 Å². The first-order valence-electron chi connectivity index (χ1n) is 7.68. The highest BCUT2D eigenvalue weighted by Crippen LogP contribution is 2.20. The summed E-state index contributed by atoms with van der Waals surface area (Å²) in [5.74, 6) is 0.507. The zero-order chi connectivity index (χ0) is 17.1. The summed E-state index contributed by atoms with van der Waals surface area (Å²) in [5.41, 5.74) is 5.17. The van der Waals surface area contributed by atoms with Gasteiger partial charge in [-0.1, -0.05) is 18.2 Å². The SMILES string of the molecule is Cc1ccn(-c2ccccc2CNc2nnc(C)c(C)c2C#N)n1. The van der Waals surface area contributed by atoms with Gasteiger partial charge in [0, 0.05) is 12.7 Å². The third-order valence-electron chi connectivity index (χ3n) is 3.97. The summed E-state index contributed by atoms with van der Waals surface area (Å²) < 4.78 is 1.85. The molecule has 0 aliphatic heterocycles. The van der Waals surface area contributed by atoms with Gasteiger partial charge in [0.2, 0.25) is 0 Å². The maximum Gasteiger partial charge on any atom is 0.167 e. The second-order valence-electron chi connectivity index (χ2n) is 5.63. The van der Waals surface area contributed by atoms with Crippen molar-refractivity contribution in [2.24, 2.45) is 0 Å². The maximum atomic E-state index is 9.38. The van der Waals surface area contributed by atoms with Gasteiger partial charge >= 0.3 is 0 Å². The number of nitrogens with zero attached hydrogens (tertiary/aromatic N) is 5. The van der Waals surface area contributed by atoms with E-state index in [2.05, 4.69) is 26.7 Å². The second-order valence-corrected chi connectivity index (χ2v) is 5.63. The van der Waals surface area contributed by atoms with Crippen LogP contribution >= 0.6 is 0 Å². The predicted molar refractivity (Wildman–Crippen MR) is 91.8 cm³/mol. The fraction of sp³-hybridized carbons (Fsp3) is 0.222. The Labute approximate surface area is 140 Å². The number of hydrogen-bond donors (Lipinski definition) is 1. The average Bonchev–Trinajstić information content (AvgIpc) is 3.02. The Morgan fingerprint density at radius 1 is 1.12 bits per heavy atom. The topological polar surface area (TPSA) is 79.4 Å². The Kier molecular flexibility index (Phi) is 4.25. The van der Waals surface area contributed by atoms with Gasteiger partial charge in [-0.25, -0.2) is 4.68 Å². The molecule has 3 rings (SSSR count). The number of hydrogen-bond acceptors (Lipinski definition) is 5. The van der Waals surface area contributed by atoms with Gasteiger partial charge in [-0.15, -0.1) is 5.10 Å². The summed E-state index contributed by atoms with van der Waals surface area (Å²) in [7, 11) is 0. The highest BCUT2D eigenvalue weighted by molar-refractivity contribution is 5.56. The molecule has 6 heteroatoms. The van der Waals surface area contributed by atoms with Crippen LogP contribution in [-0.2, 0) is 6.54 Å². The Bertz CT molecular complexity index is 919. The number of benzene rings is 1. The Morgan fingerprint density at radius 2 is 1.92 bits per heavy atom. The van der Waals surface area contributed by atoms with Gasteiger partial charge in [0.05, 0.1) is 17.1 Å². The van der Waals surface area contributed by atoms with E-state index < -0.39 is 0 Å². The fourth-order valence-corrected chi connectivity index (χ4v) is 2.48. The number of anilines is 1. The lowest BCUT2D eigenvalue weighted by Gasteiger charge is -2.12. The number of nitrogens with one attached hydrogen (secondary N) is 1. The minimum Gasteiger partial charge on any atom is -0.363 e. The molecule has 0 amide bonds. The van der Waals surface area contributed by atoms with Gasteiger partial charge < -0.3 is 5.32 Å². The third kappa shape index (κ3) is 2.97. The van der Waals surface area contributed by atoms with Crippen LogP contribution in [-0.4, -0.2) is 20.0 Å². The third-order valence-corrected chi connectivity index (χ3v) is 3.97. The van der Waals surface area contributed by atoms with Crippen molar-refractivity contribution in [3.8, 4) is 11.8 Å². The van der Waals surface area contributed by atoms with E-state index in [0.717, 1.165) is 28.2 Å². The van der Waals surface area contributed by atoms with Crippen LogP contribution in [0.2, 0.25) is 0 Å². The molecule has 2 heterocycles. The van der Waals surface area contributed by atoms with Crippen molar-refractivity contribution in [3.05, 3.63) is 64.6 Å². The van der Waals surface area contributed by atoms with E-state index in [1.807, 2.05) is 62.0 Å². The van der Waals surface area contributed by atoms with E-state index in [9.17, 15) is 5.26 Å². The summed E-state index contributed by atoms with van der Waals surface area (Å²) in [4.78, 5) is 0. The smallest absolute Gasteiger partial charge is 0.167 e. The number of aryl methyl sites for hydroxylation is 2. The molecule has 0 atom stereocenters. The highest BCUT2D eigenvalue weighted by Gasteiger charge is 2.12. The van der Waals surface area contributed by atoms with Gasteiger partial charge in [0.15, 0.2) is 5.82 Å². The minimum atomic E-state index is 0.507. The standard InChI is InChI=1S/C18H18N6/c1-12-8-9-24(23-12)17-7-5-4-6-15(17)11-20-18-16(10-19)13(2)14(3)21-22-18/h4-9H,11H2,1-3H3,(H,20,22). The zero-order valence-corrected chi connectivity index (χ0v) is 13.9. The van der Waals surface area contributed by atoms with Crippen LogP contribution in [0.1, 0.15) is 28.1 Å². The summed E-state index contributed by atoms with van der Waals surface area (Å²) >= 11 is 0. The van der Waals surface area contributed by atoms with Crippen LogP contribution < -0.4 is 5.32 Å². The first-order valence-corrected chi connectivity index (χ1v) is 7.68. The molecule has 0 aliphatic carbocycles. The van der Waals surface area contributed by atoms with E-state index in [-0.39, 0.29) is 0 Å². The molecule has 120 valence electrons. The van der Waals surface area contributed by atoms with E-state index in [1.54, 1.807) is 0 Å². The zero-order valence-electron chi connectivity index (χ0n) is 13.9. The Balaban J connectivity index is 1.89. The van der Waals surface area contributed by atoms with Crippen LogP contribution in [0.4, 0.5) is 5.82 Å². The normalized spacial score (nSPS) is 10.4. The van der Waals surface area contributed by atoms with Gasteiger partial charge in [-0.05, 0) is 44.0 Å². The summed E-state index contributed by atoms with van der Waals surface area (Å²) in [6, 6.07) is 12.2. The van der Waals surface area contributed by atoms with Crippen LogP contribution in [0.15, 0.2) is 36.5 Å². The van der Waals surface area contributed by atoms with Gasteiger partial charge in [0.1, 0.15) is 11.6 Å². The summed E-state index contributed by atoms with van der Waals surface area (Å²) in [6.45, 7) is 6.22. The molecule has 0 saturated heterocycles. The predicted octanol–water partition coefficient (Wildman–Crippen LogP) is 3.07. The largest absolute Gasteiger partial charge is 0.363 e. The van der Waals surface area contributed by atoms with Gasteiger partial charge in [-0.2, -0.15) is 15.5 Å². The second kappa shape index (κ2) is 6.50. The molecular weight excluding hydrogens is 300 g/mol.